The van der Waals surface area contributed by atoms with E-state index in [0.29, 0.717) is 11.0 Å². The van der Waals surface area contributed by atoms with E-state index in [-0.39, 0.29) is 24.6 Å². The van der Waals surface area contributed by atoms with Crippen LogP contribution < -0.4 is 10.9 Å². The van der Waals surface area contributed by atoms with Gasteiger partial charge in [0.15, 0.2) is 0 Å². The molecule has 1 N–H and O–H groups in total. The predicted octanol–water partition coefficient (Wildman–Crippen LogP) is 2.96. The Labute approximate surface area is 189 Å². The Morgan fingerprint density at radius 3 is 2.52 bits per heavy atom. The van der Waals surface area contributed by atoms with E-state index in [1.807, 2.05) is 66.9 Å². The molecule has 3 aromatic heterocycles. The molecule has 162 valence electrons. The lowest BCUT2D eigenvalue weighted by molar-refractivity contribution is -0.121. The number of carbonyl (C=O) groups excluding carboxylic acids is 1. The number of carbonyl (C=O) groups is 1. The summed E-state index contributed by atoms with van der Waals surface area (Å²) in [7, 11) is 0. The lowest BCUT2D eigenvalue weighted by Crippen LogP contribution is -2.32. The van der Waals surface area contributed by atoms with E-state index in [2.05, 4.69) is 15.3 Å². The zero-order valence-corrected chi connectivity index (χ0v) is 17.6. The molecule has 0 spiro atoms. The van der Waals surface area contributed by atoms with Crippen molar-refractivity contribution in [2.45, 2.75) is 13.1 Å². The van der Waals surface area contributed by atoms with Gasteiger partial charge in [-0.25, -0.2) is 9.67 Å². The molecule has 0 fully saturated rings. The van der Waals surface area contributed by atoms with Crippen LogP contribution in [-0.4, -0.2) is 30.2 Å². The van der Waals surface area contributed by atoms with E-state index in [1.165, 1.54) is 10.8 Å². The number of nitrogens with one attached hydrogen (secondary N) is 1. The van der Waals surface area contributed by atoms with Crippen LogP contribution in [0.15, 0.2) is 96.3 Å². The van der Waals surface area contributed by atoms with Gasteiger partial charge in [-0.2, -0.15) is 5.10 Å². The zero-order chi connectivity index (χ0) is 22.6. The standard InChI is InChI=1S/C25H20N6O2/c32-23(17-30-22-9-5-4-8-21(22)27-15-24(30)33)28-14-19-16-31(20-6-2-1-3-7-20)29-25(19)18-10-12-26-13-11-18/h1-13,15-16H,14,17H2,(H,28,32). The minimum Gasteiger partial charge on any atom is -0.350 e. The molecule has 0 aliphatic carbocycles. The monoisotopic (exact) mass is 436 g/mol. The molecule has 0 saturated heterocycles. The third-order valence-electron chi connectivity index (χ3n) is 5.29. The maximum Gasteiger partial charge on any atom is 0.269 e. The van der Waals surface area contributed by atoms with E-state index in [1.54, 1.807) is 23.1 Å². The summed E-state index contributed by atoms with van der Waals surface area (Å²) in [5.74, 6) is -0.276. The minimum atomic E-state index is -0.321. The SMILES string of the molecule is O=C(Cn1c(=O)cnc2ccccc21)NCc1cn(-c2ccccc2)nc1-c1ccncc1. The first kappa shape index (κ1) is 20.3. The second kappa shape index (κ2) is 8.88. The van der Waals surface area contributed by atoms with Gasteiger partial charge in [-0.1, -0.05) is 30.3 Å². The summed E-state index contributed by atoms with van der Waals surface area (Å²) in [6.07, 6.45) is 6.56. The van der Waals surface area contributed by atoms with Crippen LogP contribution in [0.3, 0.4) is 0 Å². The maximum absolute atomic E-state index is 12.8. The molecule has 0 bridgehead atoms. The van der Waals surface area contributed by atoms with Crippen LogP contribution in [0, 0.1) is 0 Å². The normalized spacial score (nSPS) is 10.9. The van der Waals surface area contributed by atoms with E-state index in [0.717, 1.165) is 22.5 Å². The number of para-hydroxylation sites is 3. The number of aromatic nitrogens is 5. The Bertz CT molecular complexity index is 1480. The van der Waals surface area contributed by atoms with Crippen molar-refractivity contribution >= 4 is 16.9 Å². The lowest BCUT2D eigenvalue weighted by atomic mass is 10.1. The van der Waals surface area contributed by atoms with E-state index in [9.17, 15) is 9.59 Å². The van der Waals surface area contributed by atoms with Crippen molar-refractivity contribution in [2.75, 3.05) is 0 Å². The molecule has 0 radical (unpaired) electrons. The summed E-state index contributed by atoms with van der Waals surface area (Å²) in [6.45, 7) is 0.167. The summed E-state index contributed by atoms with van der Waals surface area (Å²) in [5, 5.41) is 7.67. The van der Waals surface area contributed by atoms with Crippen LogP contribution in [0.5, 0.6) is 0 Å². The molecule has 0 aliphatic rings. The number of rotatable bonds is 6. The van der Waals surface area contributed by atoms with Crippen LogP contribution in [0.2, 0.25) is 0 Å². The highest BCUT2D eigenvalue weighted by molar-refractivity contribution is 5.80. The van der Waals surface area contributed by atoms with Gasteiger partial charge in [0, 0.05) is 36.3 Å². The van der Waals surface area contributed by atoms with Gasteiger partial charge in [-0.05, 0) is 36.4 Å². The first-order valence-corrected chi connectivity index (χ1v) is 10.4. The molecule has 0 saturated carbocycles. The Balaban J connectivity index is 1.41. The van der Waals surface area contributed by atoms with Crippen molar-refractivity contribution in [3.8, 4) is 16.9 Å². The topological polar surface area (TPSA) is 94.7 Å². The molecule has 33 heavy (non-hydrogen) atoms. The molecular formula is C25H20N6O2. The summed E-state index contributed by atoms with van der Waals surface area (Å²) in [6, 6.07) is 20.8. The van der Waals surface area contributed by atoms with Gasteiger partial charge in [0.25, 0.3) is 5.56 Å². The van der Waals surface area contributed by atoms with Gasteiger partial charge < -0.3 is 5.32 Å². The van der Waals surface area contributed by atoms with Crippen LogP contribution in [0.25, 0.3) is 28.0 Å². The molecule has 3 heterocycles. The van der Waals surface area contributed by atoms with Crippen LogP contribution in [-0.2, 0) is 17.9 Å². The minimum absolute atomic E-state index is 0.0979. The third-order valence-corrected chi connectivity index (χ3v) is 5.29. The highest BCUT2D eigenvalue weighted by Gasteiger charge is 2.14. The van der Waals surface area contributed by atoms with Gasteiger partial charge in [-0.3, -0.25) is 19.1 Å². The fourth-order valence-corrected chi connectivity index (χ4v) is 3.68. The first-order chi connectivity index (χ1) is 16.2. The Hall–Kier alpha value is -4.59. The highest BCUT2D eigenvalue weighted by atomic mass is 16.2. The lowest BCUT2D eigenvalue weighted by Gasteiger charge is -2.10. The first-order valence-electron chi connectivity index (χ1n) is 10.4. The number of pyridine rings is 1. The van der Waals surface area contributed by atoms with Crippen LogP contribution in [0.1, 0.15) is 5.56 Å². The Morgan fingerprint density at radius 1 is 0.939 bits per heavy atom. The summed E-state index contributed by atoms with van der Waals surface area (Å²) >= 11 is 0. The fourth-order valence-electron chi connectivity index (χ4n) is 3.68. The molecule has 5 rings (SSSR count). The van der Waals surface area contributed by atoms with Gasteiger partial charge in [0.2, 0.25) is 5.91 Å². The highest BCUT2D eigenvalue weighted by Crippen LogP contribution is 2.23. The summed E-state index contributed by atoms with van der Waals surface area (Å²) in [5.41, 5.74) is 4.39. The van der Waals surface area contributed by atoms with Crippen molar-refractivity contribution in [1.29, 1.82) is 0 Å². The number of hydrogen-bond acceptors (Lipinski definition) is 5. The molecular weight excluding hydrogens is 416 g/mol. The van der Waals surface area contributed by atoms with Gasteiger partial charge in [0.1, 0.15) is 6.54 Å². The van der Waals surface area contributed by atoms with Gasteiger partial charge >= 0.3 is 0 Å². The summed E-state index contributed by atoms with van der Waals surface area (Å²) in [4.78, 5) is 33.3. The van der Waals surface area contributed by atoms with Crippen LogP contribution >= 0.6 is 0 Å². The third kappa shape index (κ3) is 4.27. The quantitative estimate of drug-likeness (QED) is 0.442. The number of hydrogen-bond donors (Lipinski definition) is 1. The molecule has 8 heteroatoms. The van der Waals surface area contributed by atoms with Crippen molar-refractivity contribution in [2.24, 2.45) is 0 Å². The molecule has 1 amide bonds. The smallest absolute Gasteiger partial charge is 0.269 e. The average molecular weight is 436 g/mol. The van der Waals surface area contributed by atoms with E-state index in [4.69, 9.17) is 5.10 Å². The average Bonchev–Trinajstić information content (AvgIpc) is 3.30. The number of fused-ring (bicyclic) bond motifs is 1. The summed E-state index contributed by atoms with van der Waals surface area (Å²) < 4.78 is 3.22. The Morgan fingerprint density at radius 2 is 1.70 bits per heavy atom. The van der Waals surface area contributed by atoms with Crippen molar-refractivity contribution in [1.82, 2.24) is 29.6 Å². The molecule has 0 unspecified atom stereocenters. The van der Waals surface area contributed by atoms with Gasteiger partial charge in [0.05, 0.1) is 28.6 Å². The molecule has 5 aromatic rings. The molecule has 0 aliphatic heterocycles. The van der Waals surface area contributed by atoms with Crippen molar-refractivity contribution < 1.29 is 4.79 Å². The van der Waals surface area contributed by atoms with Gasteiger partial charge in [-0.15, -0.1) is 0 Å². The zero-order valence-electron chi connectivity index (χ0n) is 17.6. The predicted molar refractivity (Wildman–Crippen MR) is 125 cm³/mol. The molecule has 2 aromatic carbocycles. The number of nitrogens with zero attached hydrogens (tertiary/aromatic N) is 5. The van der Waals surface area contributed by atoms with Crippen molar-refractivity contribution in [3.05, 3.63) is 107 Å². The Kier molecular flexibility index (Phi) is 5.47. The number of amides is 1. The second-order valence-corrected chi connectivity index (χ2v) is 7.47. The largest absolute Gasteiger partial charge is 0.350 e. The van der Waals surface area contributed by atoms with E-state index >= 15 is 0 Å². The molecule has 8 nitrogen and oxygen atoms in total. The fraction of sp³-hybridized carbons (Fsp3) is 0.0800. The maximum atomic E-state index is 12.8. The van der Waals surface area contributed by atoms with E-state index < -0.39 is 0 Å². The second-order valence-electron chi connectivity index (χ2n) is 7.47. The van der Waals surface area contributed by atoms with Crippen molar-refractivity contribution in [3.63, 3.8) is 0 Å². The number of benzene rings is 2. The van der Waals surface area contributed by atoms with Crippen LogP contribution in [0.4, 0.5) is 0 Å². The molecule has 0 atom stereocenters.